The second-order valence-electron chi connectivity index (χ2n) is 3.80. The molecule has 0 spiro atoms. The number of rotatable bonds is 4. The fourth-order valence-corrected chi connectivity index (χ4v) is 1.43. The van der Waals surface area contributed by atoms with Crippen molar-refractivity contribution in [1.82, 2.24) is 15.5 Å². The summed E-state index contributed by atoms with van der Waals surface area (Å²) in [5.74, 6) is 2.02. The van der Waals surface area contributed by atoms with Crippen LogP contribution in [0.3, 0.4) is 0 Å². The van der Waals surface area contributed by atoms with Gasteiger partial charge in [0.15, 0.2) is 0 Å². The minimum atomic E-state index is 0.318. The predicted molar refractivity (Wildman–Crippen MR) is 59.0 cm³/mol. The van der Waals surface area contributed by atoms with Crippen LogP contribution >= 0.6 is 0 Å². The molecule has 0 amide bonds. The smallest absolute Gasteiger partial charge is 0.228 e. The van der Waals surface area contributed by atoms with Gasteiger partial charge < -0.3 is 14.3 Å². The van der Waals surface area contributed by atoms with Crippen LogP contribution < -0.4 is 5.32 Å². The molecule has 0 fully saturated rings. The van der Waals surface area contributed by atoms with E-state index in [1.165, 1.54) is 0 Å². The van der Waals surface area contributed by atoms with Gasteiger partial charge in [-0.2, -0.15) is 4.98 Å². The summed E-state index contributed by atoms with van der Waals surface area (Å²) >= 11 is 0. The van der Waals surface area contributed by atoms with Crippen LogP contribution in [-0.4, -0.2) is 23.2 Å². The van der Waals surface area contributed by atoms with Crippen molar-refractivity contribution < 1.29 is 8.94 Å². The zero-order valence-electron chi connectivity index (χ0n) is 9.65. The normalized spacial score (nSPS) is 12.9. The molecule has 1 unspecified atom stereocenters. The Morgan fingerprint density at radius 2 is 2.31 bits per heavy atom. The van der Waals surface area contributed by atoms with Crippen LogP contribution in [0.15, 0.2) is 21.3 Å². The zero-order chi connectivity index (χ0) is 11.5. The molecular weight excluding hydrogens is 206 g/mol. The molecule has 0 bridgehead atoms. The Labute approximate surface area is 93.8 Å². The highest BCUT2D eigenvalue weighted by Gasteiger charge is 2.13. The van der Waals surface area contributed by atoms with Crippen molar-refractivity contribution in [2.24, 2.45) is 0 Å². The molecule has 2 aromatic rings. The minimum absolute atomic E-state index is 0.318. The first-order valence-corrected chi connectivity index (χ1v) is 5.25. The molecule has 0 radical (unpaired) electrons. The van der Waals surface area contributed by atoms with Crippen LogP contribution in [0.4, 0.5) is 0 Å². The number of nitrogens with zero attached hydrogens (tertiary/aromatic N) is 2. The van der Waals surface area contributed by atoms with Crippen LogP contribution in [-0.2, 0) is 6.42 Å². The first-order valence-electron chi connectivity index (χ1n) is 5.25. The molecule has 0 aliphatic carbocycles. The van der Waals surface area contributed by atoms with Gasteiger partial charge in [0.25, 0.3) is 0 Å². The van der Waals surface area contributed by atoms with Gasteiger partial charge in [-0.3, -0.25) is 0 Å². The highest BCUT2D eigenvalue weighted by atomic mass is 16.5. The molecule has 5 heteroatoms. The fraction of sp³-hybridized carbons (Fsp3) is 0.455. The molecule has 0 saturated heterocycles. The van der Waals surface area contributed by atoms with Gasteiger partial charge in [0, 0.05) is 12.5 Å². The summed E-state index contributed by atoms with van der Waals surface area (Å²) in [5, 5.41) is 7.06. The van der Waals surface area contributed by atoms with Crippen molar-refractivity contribution in [2.45, 2.75) is 26.3 Å². The van der Waals surface area contributed by atoms with Gasteiger partial charge in [0.2, 0.25) is 11.7 Å². The van der Waals surface area contributed by atoms with Crippen LogP contribution in [0, 0.1) is 6.92 Å². The minimum Gasteiger partial charge on any atom is -0.469 e. The summed E-state index contributed by atoms with van der Waals surface area (Å²) in [6, 6.07) is 2.16. The molecule has 0 saturated carbocycles. The van der Waals surface area contributed by atoms with Crippen LogP contribution in [0.5, 0.6) is 0 Å². The number of likely N-dealkylation sites (N-methyl/N-ethyl adjacent to an activating group) is 1. The van der Waals surface area contributed by atoms with Crippen molar-refractivity contribution in [3.63, 3.8) is 0 Å². The highest BCUT2D eigenvalue weighted by Crippen LogP contribution is 2.21. The Hall–Kier alpha value is -1.62. The molecule has 5 nitrogen and oxygen atoms in total. The number of furan rings is 1. The molecule has 86 valence electrons. The van der Waals surface area contributed by atoms with Crippen LogP contribution in [0.1, 0.15) is 18.6 Å². The van der Waals surface area contributed by atoms with E-state index >= 15 is 0 Å². The molecule has 1 N–H and O–H groups in total. The number of aromatic nitrogens is 2. The lowest BCUT2D eigenvalue weighted by atomic mass is 10.2. The molecule has 0 aliphatic rings. The largest absolute Gasteiger partial charge is 0.469 e. The Morgan fingerprint density at radius 1 is 1.50 bits per heavy atom. The third-order valence-electron chi connectivity index (χ3n) is 2.54. The monoisotopic (exact) mass is 221 g/mol. The van der Waals surface area contributed by atoms with Crippen LogP contribution in [0.2, 0.25) is 0 Å². The second-order valence-corrected chi connectivity index (χ2v) is 3.80. The Kier molecular flexibility index (Phi) is 3.05. The Morgan fingerprint density at radius 3 is 2.94 bits per heavy atom. The maximum absolute atomic E-state index is 5.20. The third-order valence-corrected chi connectivity index (χ3v) is 2.54. The summed E-state index contributed by atoms with van der Waals surface area (Å²) in [6.07, 6.45) is 2.34. The van der Waals surface area contributed by atoms with Crippen molar-refractivity contribution >= 4 is 0 Å². The fourth-order valence-electron chi connectivity index (χ4n) is 1.43. The first-order chi connectivity index (χ1) is 7.70. The summed E-state index contributed by atoms with van der Waals surface area (Å²) < 4.78 is 10.4. The summed E-state index contributed by atoms with van der Waals surface area (Å²) in [5.41, 5.74) is 0.882. The van der Waals surface area contributed by atoms with Crippen molar-refractivity contribution in [3.05, 3.63) is 24.0 Å². The van der Waals surface area contributed by atoms with Crippen molar-refractivity contribution in [3.8, 4) is 11.4 Å². The average molecular weight is 221 g/mol. The lowest BCUT2D eigenvalue weighted by Crippen LogP contribution is -2.23. The van der Waals surface area contributed by atoms with E-state index in [-0.39, 0.29) is 0 Å². The van der Waals surface area contributed by atoms with Crippen LogP contribution in [0.25, 0.3) is 11.4 Å². The molecular formula is C11H15N3O2. The number of hydrogen-bond donors (Lipinski definition) is 1. The molecule has 0 aromatic carbocycles. The van der Waals surface area contributed by atoms with Gasteiger partial charge in [-0.05, 0) is 27.0 Å². The van der Waals surface area contributed by atoms with Gasteiger partial charge in [0.1, 0.15) is 5.76 Å². The number of aryl methyl sites for hydroxylation is 1. The third kappa shape index (κ3) is 2.14. The topological polar surface area (TPSA) is 64.1 Å². The standard InChI is InChI=1S/C11H15N3O2/c1-7(12-3)6-10-13-11(14-16-10)9-4-5-15-8(9)2/h4-5,7,12H,6H2,1-3H3. The maximum atomic E-state index is 5.20. The molecule has 2 aromatic heterocycles. The van der Waals surface area contributed by atoms with Gasteiger partial charge in [0.05, 0.1) is 11.8 Å². The quantitative estimate of drug-likeness (QED) is 0.852. The molecule has 0 aliphatic heterocycles. The average Bonchev–Trinajstić information content (AvgIpc) is 2.86. The van der Waals surface area contributed by atoms with Gasteiger partial charge in [-0.15, -0.1) is 0 Å². The van der Waals surface area contributed by atoms with Gasteiger partial charge >= 0.3 is 0 Å². The lowest BCUT2D eigenvalue weighted by molar-refractivity contribution is 0.365. The van der Waals surface area contributed by atoms with E-state index in [1.54, 1.807) is 6.26 Å². The van der Waals surface area contributed by atoms with E-state index in [0.717, 1.165) is 17.7 Å². The second kappa shape index (κ2) is 4.49. The van der Waals surface area contributed by atoms with Crippen molar-refractivity contribution in [2.75, 3.05) is 7.05 Å². The molecule has 16 heavy (non-hydrogen) atoms. The SMILES string of the molecule is CNC(C)Cc1nc(-c2ccoc2C)no1. The van der Waals surface area contributed by atoms with E-state index < -0.39 is 0 Å². The Bertz CT molecular complexity index is 461. The summed E-state index contributed by atoms with van der Waals surface area (Å²) in [7, 11) is 1.90. The van der Waals surface area contributed by atoms with E-state index in [1.807, 2.05) is 20.0 Å². The van der Waals surface area contributed by atoms with E-state index in [2.05, 4.69) is 22.4 Å². The Balaban J connectivity index is 2.17. The van der Waals surface area contributed by atoms with Crippen molar-refractivity contribution in [1.29, 1.82) is 0 Å². The number of hydrogen-bond acceptors (Lipinski definition) is 5. The summed E-state index contributed by atoms with van der Waals surface area (Å²) in [6.45, 7) is 3.94. The molecule has 2 heterocycles. The molecule has 1 atom stereocenters. The highest BCUT2D eigenvalue weighted by molar-refractivity contribution is 5.56. The van der Waals surface area contributed by atoms with E-state index in [4.69, 9.17) is 8.94 Å². The predicted octanol–water partition coefficient (Wildman–Crippen LogP) is 1.79. The summed E-state index contributed by atoms with van der Waals surface area (Å²) in [4.78, 5) is 4.32. The molecule has 2 rings (SSSR count). The lowest BCUT2D eigenvalue weighted by Gasteiger charge is -2.04. The first kappa shape index (κ1) is 10.9. The van der Waals surface area contributed by atoms with Gasteiger partial charge in [-0.1, -0.05) is 5.16 Å². The maximum Gasteiger partial charge on any atom is 0.228 e. The number of nitrogens with one attached hydrogen (secondary N) is 1. The van der Waals surface area contributed by atoms with E-state index in [0.29, 0.717) is 17.8 Å². The van der Waals surface area contributed by atoms with E-state index in [9.17, 15) is 0 Å². The van der Waals surface area contributed by atoms with Gasteiger partial charge in [-0.25, -0.2) is 0 Å². The zero-order valence-corrected chi connectivity index (χ0v) is 9.65.